The van der Waals surface area contributed by atoms with Gasteiger partial charge in [-0.15, -0.1) is 0 Å². The minimum Gasteiger partial charge on any atom is -0.342 e. The lowest BCUT2D eigenvalue weighted by molar-refractivity contribution is -0.130. The highest BCUT2D eigenvalue weighted by atomic mass is 16.2. The SMILES string of the molecule is CCC(=O)N1CC[C@]2(C[C@@H]2C(=O)Nc2cccnc2)C1. The third-order valence-corrected chi connectivity index (χ3v) is 4.48. The predicted molar refractivity (Wildman–Crippen MR) is 74.9 cm³/mol. The summed E-state index contributed by atoms with van der Waals surface area (Å²) < 4.78 is 0. The van der Waals surface area contributed by atoms with Crippen LogP contribution in [0.1, 0.15) is 26.2 Å². The Balaban J connectivity index is 1.59. The van der Waals surface area contributed by atoms with E-state index in [0.717, 1.165) is 31.6 Å². The van der Waals surface area contributed by atoms with Gasteiger partial charge in [-0.05, 0) is 25.0 Å². The van der Waals surface area contributed by atoms with Gasteiger partial charge in [-0.1, -0.05) is 6.92 Å². The van der Waals surface area contributed by atoms with Gasteiger partial charge in [0.2, 0.25) is 11.8 Å². The first-order chi connectivity index (χ1) is 9.64. The Labute approximate surface area is 118 Å². The van der Waals surface area contributed by atoms with Crippen molar-refractivity contribution in [1.29, 1.82) is 0 Å². The fourth-order valence-electron chi connectivity index (χ4n) is 3.17. The molecule has 1 saturated heterocycles. The molecule has 0 bridgehead atoms. The number of carbonyl (C=O) groups excluding carboxylic acids is 2. The Morgan fingerprint density at radius 3 is 3.10 bits per heavy atom. The Morgan fingerprint density at radius 2 is 2.40 bits per heavy atom. The van der Waals surface area contributed by atoms with Crippen LogP contribution in [-0.2, 0) is 9.59 Å². The van der Waals surface area contributed by atoms with E-state index in [2.05, 4.69) is 10.3 Å². The van der Waals surface area contributed by atoms with Crippen LogP contribution in [0.2, 0.25) is 0 Å². The predicted octanol–water partition coefficient (Wildman–Crippen LogP) is 1.67. The second-order valence-corrected chi connectivity index (χ2v) is 5.77. The number of nitrogens with one attached hydrogen (secondary N) is 1. The Kier molecular flexibility index (Phi) is 3.20. The van der Waals surface area contributed by atoms with Crippen molar-refractivity contribution >= 4 is 17.5 Å². The van der Waals surface area contributed by atoms with Crippen LogP contribution in [0.3, 0.4) is 0 Å². The summed E-state index contributed by atoms with van der Waals surface area (Å²) in [6, 6.07) is 3.64. The van der Waals surface area contributed by atoms with Gasteiger partial charge in [-0.2, -0.15) is 0 Å². The van der Waals surface area contributed by atoms with Gasteiger partial charge in [0, 0.05) is 37.0 Å². The van der Waals surface area contributed by atoms with Crippen LogP contribution in [0.25, 0.3) is 0 Å². The number of hydrogen-bond donors (Lipinski definition) is 1. The van der Waals surface area contributed by atoms with Gasteiger partial charge in [0.15, 0.2) is 0 Å². The summed E-state index contributed by atoms with van der Waals surface area (Å²) in [4.78, 5) is 29.8. The first-order valence-corrected chi connectivity index (χ1v) is 7.13. The standard InChI is InChI=1S/C15H19N3O2/c1-2-13(19)18-7-5-15(10-18)8-12(15)14(20)17-11-4-3-6-16-9-11/h3-4,6,9,12H,2,5,7-8,10H2,1H3,(H,17,20)/t12-,15+/m1/s1. The molecule has 2 amide bonds. The number of carbonyl (C=O) groups is 2. The molecule has 0 radical (unpaired) electrons. The summed E-state index contributed by atoms with van der Waals surface area (Å²) in [5.41, 5.74) is 0.774. The molecule has 3 rings (SSSR count). The quantitative estimate of drug-likeness (QED) is 0.911. The summed E-state index contributed by atoms with van der Waals surface area (Å²) in [5.74, 6) is 0.293. The van der Waals surface area contributed by atoms with Crippen LogP contribution in [0.15, 0.2) is 24.5 Å². The average Bonchev–Trinajstić information content (AvgIpc) is 3.00. The van der Waals surface area contributed by atoms with E-state index in [4.69, 9.17) is 0 Å². The molecule has 1 aromatic heterocycles. The number of pyridine rings is 1. The van der Waals surface area contributed by atoms with Crippen molar-refractivity contribution in [2.24, 2.45) is 11.3 Å². The van der Waals surface area contributed by atoms with E-state index in [1.54, 1.807) is 18.5 Å². The van der Waals surface area contributed by atoms with Crippen LogP contribution in [0, 0.1) is 11.3 Å². The van der Waals surface area contributed by atoms with E-state index in [1.807, 2.05) is 17.9 Å². The van der Waals surface area contributed by atoms with Crippen molar-refractivity contribution in [3.63, 3.8) is 0 Å². The van der Waals surface area contributed by atoms with Crippen molar-refractivity contribution < 1.29 is 9.59 Å². The zero-order valence-electron chi connectivity index (χ0n) is 11.6. The molecule has 5 nitrogen and oxygen atoms in total. The molecule has 5 heteroatoms. The maximum atomic E-state index is 12.2. The zero-order chi connectivity index (χ0) is 14.2. The lowest BCUT2D eigenvalue weighted by atomic mass is 10.0. The second kappa shape index (κ2) is 4.89. The van der Waals surface area contributed by atoms with Gasteiger partial charge >= 0.3 is 0 Å². The monoisotopic (exact) mass is 273 g/mol. The molecule has 0 unspecified atom stereocenters. The van der Waals surface area contributed by atoms with Gasteiger partial charge in [0.05, 0.1) is 11.9 Å². The molecule has 1 N–H and O–H groups in total. The molecular weight excluding hydrogens is 254 g/mol. The molecule has 1 saturated carbocycles. The van der Waals surface area contributed by atoms with E-state index in [9.17, 15) is 9.59 Å². The maximum Gasteiger partial charge on any atom is 0.228 e. The molecule has 2 heterocycles. The summed E-state index contributed by atoms with van der Waals surface area (Å²) in [7, 11) is 0. The molecule has 20 heavy (non-hydrogen) atoms. The minimum atomic E-state index is 0.0388. The topological polar surface area (TPSA) is 62.3 Å². The normalized spacial score (nSPS) is 27.6. The molecule has 1 aromatic rings. The summed E-state index contributed by atoms with van der Waals surface area (Å²) in [5, 5.41) is 2.91. The zero-order valence-corrected chi connectivity index (χ0v) is 11.6. The van der Waals surface area contributed by atoms with Crippen molar-refractivity contribution in [2.45, 2.75) is 26.2 Å². The Bertz CT molecular complexity index is 531. The Hall–Kier alpha value is -1.91. The summed E-state index contributed by atoms with van der Waals surface area (Å²) in [6.45, 7) is 3.42. The molecule has 1 aliphatic carbocycles. The largest absolute Gasteiger partial charge is 0.342 e. The van der Waals surface area contributed by atoms with E-state index in [0.29, 0.717) is 6.42 Å². The van der Waals surface area contributed by atoms with Crippen LogP contribution in [-0.4, -0.2) is 34.8 Å². The second-order valence-electron chi connectivity index (χ2n) is 5.77. The number of nitrogens with zero attached hydrogens (tertiary/aromatic N) is 2. The number of anilines is 1. The molecule has 106 valence electrons. The molecule has 1 aliphatic heterocycles. The fourth-order valence-corrected chi connectivity index (χ4v) is 3.17. The van der Waals surface area contributed by atoms with E-state index < -0.39 is 0 Å². The van der Waals surface area contributed by atoms with Crippen LogP contribution < -0.4 is 5.32 Å². The van der Waals surface area contributed by atoms with Gasteiger partial charge in [0.25, 0.3) is 0 Å². The smallest absolute Gasteiger partial charge is 0.228 e. The van der Waals surface area contributed by atoms with Crippen LogP contribution in [0.5, 0.6) is 0 Å². The van der Waals surface area contributed by atoms with Crippen molar-refractivity contribution in [3.8, 4) is 0 Å². The summed E-state index contributed by atoms with van der Waals surface area (Å²) in [6.07, 6.45) is 5.72. The van der Waals surface area contributed by atoms with E-state index >= 15 is 0 Å². The van der Waals surface area contributed by atoms with E-state index in [1.165, 1.54) is 0 Å². The third kappa shape index (κ3) is 2.28. The van der Waals surface area contributed by atoms with Crippen LogP contribution >= 0.6 is 0 Å². The highest BCUT2D eigenvalue weighted by Gasteiger charge is 2.61. The minimum absolute atomic E-state index is 0.0388. The number of aromatic nitrogens is 1. The molecule has 1 spiro atoms. The van der Waals surface area contributed by atoms with Crippen molar-refractivity contribution in [1.82, 2.24) is 9.88 Å². The summed E-state index contributed by atoms with van der Waals surface area (Å²) >= 11 is 0. The van der Waals surface area contributed by atoms with E-state index in [-0.39, 0.29) is 23.1 Å². The molecule has 2 aliphatic rings. The van der Waals surface area contributed by atoms with Gasteiger partial charge in [-0.25, -0.2) is 0 Å². The van der Waals surface area contributed by atoms with Crippen molar-refractivity contribution in [3.05, 3.63) is 24.5 Å². The number of amides is 2. The van der Waals surface area contributed by atoms with Gasteiger partial charge < -0.3 is 10.2 Å². The van der Waals surface area contributed by atoms with Gasteiger partial charge in [-0.3, -0.25) is 14.6 Å². The Morgan fingerprint density at radius 1 is 1.55 bits per heavy atom. The average molecular weight is 273 g/mol. The third-order valence-electron chi connectivity index (χ3n) is 4.48. The molecule has 2 fully saturated rings. The number of hydrogen-bond acceptors (Lipinski definition) is 3. The first kappa shape index (κ1) is 13.1. The lowest BCUT2D eigenvalue weighted by Crippen LogP contribution is -2.29. The number of likely N-dealkylation sites (tertiary alicyclic amines) is 1. The fraction of sp³-hybridized carbons (Fsp3) is 0.533. The highest BCUT2D eigenvalue weighted by molar-refractivity contribution is 5.95. The first-order valence-electron chi connectivity index (χ1n) is 7.13. The maximum absolute atomic E-state index is 12.2. The van der Waals surface area contributed by atoms with Gasteiger partial charge in [0.1, 0.15) is 0 Å². The lowest BCUT2D eigenvalue weighted by Gasteiger charge is -2.15. The molecule has 0 aromatic carbocycles. The number of rotatable bonds is 3. The van der Waals surface area contributed by atoms with Crippen LogP contribution in [0.4, 0.5) is 5.69 Å². The molecular formula is C15H19N3O2. The molecule has 2 atom stereocenters. The van der Waals surface area contributed by atoms with Crippen molar-refractivity contribution in [2.75, 3.05) is 18.4 Å². The highest BCUT2D eigenvalue weighted by Crippen LogP contribution is 2.58.